The second-order valence-electron chi connectivity index (χ2n) is 4.20. The molecule has 94 valence electrons. The van der Waals surface area contributed by atoms with E-state index in [0.717, 1.165) is 5.56 Å². The van der Waals surface area contributed by atoms with Crippen LogP contribution in [0.25, 0.3) is 0 Å². The number of rotatable bonds is 3. The molecule has 1 heterocycles. The lowest BCUT2D eigenvalue weighted by Gasteiger charge is -2.14. The Kier molecular flexibility index (Phi) is 3.67. The zero-order chi connectivity index (χ0) is 13.1. The van der Waals surface area contributed by atoms with E-state index in [-0.39, 0.29) is 17.7 Å². The zero-order valence-corrected chi connectivity index (χ0v) is 11.1. The lowest BCUT2D eigenvalue weighted by Crippen LogP contribution is -2.26. The van der Waals surface area contributed by atoms with Gasteiger partial charge in [0.15, 0.2) is 0 Å². The molecular formula is C14H15NO2S. The van der Waals surface area contributed by atoms with E-state index >= 15 is 0 Å². The molecule has 18 heavy (non-hydrogen) atoms. The predicted molar refractivity (Wildman–Crippen MR) is 73.0 cm³/mol. The van der Waals surface area contributed by atoms with E-state index in [1.807, 2.05) is 23.8 Å². The Morgan fingerprint density at radius 2 is 2.17 bits per heavy atom. The maximum absolute atomic E-state index is 12.1. The summed E-state index contributed by atoms with van der Waals surface area (Å²) in [6.07, 6.45) is 0. The first-order valence-electron chi connectivity index (χ1n) is 5.71. The van der Waals surface area contributed by atoms with Crippen LogP contribution in [0.15, 0.2) is 35.0 Å². The Morgan fingerprint density at radius 3 is 2.83 bits per heavy atom. The molecule has 4 heteroatoms. The lowest BCUT2D eigenvalue weighted by atomic mass is 10.1. The molecule has 2 N–H and O–H groups in total. The number of nitrogens with one attached hydrogen (secondary N) is 1. The summed E-state index contributed by atoms with van der Waals surface area (Å²) in [5.41, 5.74) is 2.20. The number of hydrogen-bond acceptors (Lipinski definition) is 3. The normalized spacial score (nSPS) is 12.1. The molecule has 2 aromatic rings. The minimum atomic E-state index is -0.165. The van der Waals surface area contributed by atoms with Gasteiger partial charge in [-0.05, 0) is 48.4 Å². The average Bonchev–Trinajstić information content (AvgIpc) is 2.86. The van der Waals surface area contributed by atoms with Crippen molar-refractivity contribution in [3.05, 3.63) is 51.7 Å². The third kappa shape index (κ3) is 2.54. The van der Waals surface area contributed by atoms with Gasteiger partial charge in [-0.1, -0.05) is 6.07 Å². The van der Waals surface area contributed by atoms with Gasteiger partial charge in [0, 0.05) is 11.1 Å². The van der Waals surface area contributed by atoms with Crippen LogP contribution in [0.3, 0.4) is 0 Å². The summed E-state index contributed by atoms with van der Waals surface area (Å²) >= 11 is 1.61. The van der Waals surface area contributed by atoms with Crippen LogP contribution in [-0.2, 0) is 0 Å². The Bertz CT molecular complexity index is 549. The second-order valence-corrected chi connectivity index (χ2v) is 4.98. The maximum atomic E-state index is 12.1. The summed E-state index contributed by atoms with van der Waals surface area (Å²) in [5.74, 6) is -0.0204. The molecule has 1 aromatic heterocycles. The fourth-order valence-corrected chi connectivity index (χ4v) is 2.50. The molecule has 0 radical (unpaired) electrons. The highest BCUT2D eigenvalue weighted by Crippen LogP contribution is 2.21. The van der Waals surface area contributed by atoms with E-state index < -0.39 is 0 Å². The lowest BCUT2D eigenvalue weighted by molar-refractivity contribution is 0.0939. The fourth-order valence-electron chi connectivity index (χ4n) is 1.75. The zero-order valence-electron chi connectivity index (χ0n) is 10.3. The van der Waals surface area contributed by atoms with Crippen LogP contribution in [0.5, 0.6) is 5.75 Å². The number of aromatic hydroxyl groups is 1. The highest BCUT2D eigenvalue weighted by Gasteiger charge is 2.14. The van der Waals surface area contributed by atoms with E-state index in [9.17, 15) is 9.90 Å². The Labute approximate surface area is 110 Å². The molecule has 0 saturated heterocycles. The molecule has 0 aliphatic rings. The molecule has 0 spiro atoms. The van der Waals surface area contributed by atoms with E-state index in [4.69, 9.17) is 0 Å². The molecule has 2 rings (SSSR count). The molecule has 3 nitrogen and oxygen atoms in total. The van der Waals surface area contributed by atoms with Crippen molar-refractivity contribution >= 4 is 17.2 Å². The van der Waals surface area contributed by atoms with Gasteiger partial charge in [-0.25, -0.2) is 0 Å². The van der Waals surface area contributed by atoms with Crippen molar-refractivity contribution in [2.24, 2.45) is 0 Å². The minimum absolute atomic E-state index is 0.0366. The second kappa shape index (κ2) is 5.23. The van der Waals surface area contributed by atoms with Crippen molar-refractivity contribution in [3.8, 4) is 5.75 Å². The Hall–Kier alpha value is -1.81. The monoisotopic (exact) mass is 261 g/mol. The van der Waals surface area contributed by atoms with Gasteiger partial charge >= 0.3 is 0 Å². The van der Waals surface area contributed by atoms with Gasteiger partial charge in [0.2, 0.25) is 0 Å². The predicted octanol–water partition coefficient (Wildman–Crippen LogP) is 3.25. The topological polar surface area (TPSA) is 49.3 Å². The molecule has 0 aliphatic heterocycles. The van der Waals surface area contributed by atoms with Gasteiger partial charge in [-0.15, -0.1) is 0 Å². The molecule has 0 bridgehead atoms. The van der Waals surface area contributed by atoms with Crippen LogP contribution < -0.4 is 5.32 Å². The van der Waals surface area contributed by atoms with Crippen molar-refractivity contribution in [2.75, 3.05) is 0 Å². The molecule has 0 fully saturated rings. The largest absolute Gasteiger partial charge is 0.508 e. The van der Waals surface area contributed by atoms with Gasteiger partial charge in [0.25, 0.3) is 5.91 Å². The molecule has 1 atom stereocenters. The molecule has 0 aliphatic carbocycles. The minimum Gasteiger partial charge on any atom is -0.508 e. The number of carbonyl (C=O) groups excluding carboxylic acids is 1. The standard InChI is InChI=1S/C14H15NO2S/c1-9-12(4-3-5-13(9)16)14(17)15-10(2)11-6-7-18-8-11/h3-8,10,16H,1-2H3,(H,15,17). The van der Waals surface area contributed by atoms with Gasteiger partial charge < -0.3 is 10.4 Å². The molecular weight excluding hydrogens is 246 g/mol. The number of thiophene rings is 1. The van der Waals surface area contributed by atoms with Gasteiger partial charge in [-0.3, -0.25) is 4.79 Å². The maximum Gasteiger partial charge on any atom is 0.252 e. The summed E-state index contributed by atoms with van der Waals surface area (Å²) in [4.78, 5) is 12.1. The van der Waals surface area contributed by atoms with Crippen molar-refractivity contribution in [2.45, 2.75) is 19.9 Å². The van der Waals surface area contributed by atoms with E-state index in [1.165, 1.54) is 0 Å². The highest BCUT2D eigenvalue weighted by molar-refractivity contribution is 7.07. The van der Waals surface area contributed by atoms with Crippen molar-refractivity contribution < 1.29 is 9.90 Å². The smallest absolute Gasteiger partial charge is 0.252 e. The molecule has 1 amide bonds. The van der Waals surface area contributed by atoms with Crippen LogP contribution in [0.4, 0.5) is 0 Å². The number of phenolic OH excluding ortho intramolecular Hbond substituents is 1. The Balaban J connectivity index is 2.15. The van der Waals surface area contributed by atoms with Crippen LogP contribution in [0, 0.1) is 6.92 Å². The number of hydrogen-bond donors (Lipinski definition) is 2. The Morgan fingerprint density at radius 1 is 1.39 bits per heavy atom. The van der Waals surface area contributed by atoms with E-state index in [1.54, 1.807) is 36.5 Å². The molecule has 0 saturated carbocycles. The third-order valence-corrected chi connectivity index (χ3v) is 3.64. The van der Waals surface area contributed by atoms with Crippen LogP contribution >= 0.6 is 11.3 Å². The molecule has 1 aromatic carbocycles. The van der Waals surface area contributed by atoms with Crippen LogP contribution in [-0.4, -0.2) is 11.0 Å². The first-order valence-corrected chi connectivity index (χ1v) is 6.65. The third-order valence-electron chi connectivity index (χ3n) is 2.94. The SMILES string of the molecule is Cc1c(O)cccc1C(=O)NC(C)c1ccsc1. The summed E-state index contributed by atoms with van der Waals surface area (Å²) in [7, 11) is 0. The summed E-state index contributed by atoms with van der Waals surface area (Å²) in [5, 5.41) is 16.5. The molecule has 1 unspecified atom stereocenters. The summed E-state index contributed by atoms with van der Waals surface area (Å²) in [6.45, 7) is 3.68. The van der Waals surface area contributed by atoms with Gasteiger partial charge in [0.05, 0.1) is 6.04 Å². The highest BCUT2D eigenvalue weighted by atomic mass is 32.1. The van der Waals surface area contributed by atoms with Crippen molar-refractivity contribution in [3.63, 3.8) is 0 Å². The summed E-state index contributed by atoms with van der Waals surface area (Å²) < 4.78 is 0. The average molecular weight is 261 g/mol. The van der Waals surface area contributed by atoms with Crippen LogP contribution in [0.1, 0.15) is 34.5 Å². The quantitative estimate of drug-likeness (QED) is 0.891. The van der Waals surface area contributed by atoms with E-state index in [2.05, 4.69) is 5.32 Å². The number of phenols is 1. The summed E-state index contributed by atoms with van der Waals surface area (Å²) in [6, 6.07) is 6.92. The van der Waals surface area contributed by atoms with E-state index in [0.29, 0.717) is 11.1 Å². The number of amides is 1. The number of benzene rings is 1. The van der Waals surface area contributed by atoms with Gasteiger partial charge in [0.1, 0.15) is 5.75 Å². The van der Waals surface area contributed by atoms with Crippen LogP contribution in [0.2, 0.25) is 0 Å². The van der Waals surface area contributed by atoms with Gasteiger partial charge in [-0.2, -0.15) is 11.3 Å². The van der Waals surface area contributed by atoms with Crippen molar-refractivity contribution in [1.29, 1.82) is 0 Å². The van der Waals surface area contributed by atoms with Crippen molar-refractivity contribution in [1.82, 2.24) is 5.32 Å². The first kappa shape index (κ1) is 12.6. The number of carbonyl (C=O) groups is 1. The first-order chi connectivity index (χ1) is 8.59. The fraction of sp³-hybridized carbons (Fsp3) is 0.214.